The van der Waals surface area contributed by atoms with Gasteiger partial charge in [-0.2, -0.15) is 0 Å². The lowest BCUT2D eigenvalue weighted by Crippen LogP contribution is -2.48. The molecule has 1 aromatic heterocycles. The zero-order chi connectivity index (χ0) is 24.8. The Hall–Kier alpha value is -3.39. The number of nitrogens with zero attached hydrogens (tertiary/aromatic N) is 2. The molecule has 0 aliphatic carbocycles. The normalized spacial score (nSPS) is 14.8. The minimum atomic E-state index is -0.588. The van der Waals surface area contributed by atoms with Crippen LogP contribution in [0.2, 0.25) is 0 Å². The van der Waals surface area contributed by atoms with Crippen LogP contribution in [0.4, 0.5) is 4.39 Å². The van der Waals surface area contributed by atoms with E-state index in [1.807, 2.05) is 42.6 Å². The van der Waals surface area contributed by atoms with Gasteiger partial charge in [0.05, 0.1) is 18.7 Å². The fraction of sp³-hybridized carbons (Fsp3) is 0.333. The first-order valence-electron chi connectivity index (χ1n) is 11.7. The summed E-state index contributed by atoms with van der Waals surface area (Å²) in [6.07, 6.45) is 1.40. The molecule has 0 saturated heterocycles. The summed E-state index contributed by atoms with van der Waals surface area (Å²) >= 11 is 1.67. The molecule has 2 amide bonds. The minimum Gasteiger partial charge on any atom is -0.493 e. The number of amides is 2. The zero-order valence-corrected chi connectivity index (χ0v) is 20.7. The molecule has 4 rings (SSSR count). The van der Waals surface area contributed by atoms with E-state index in [4.69, 9.17) is 9.47 Å². The summed E-state index contributed by atoms with van der Waals surface area (Å²) in [6, 6.07) is 15.0. The standard InChI is InChI=1S/C27H29FN2O4S/c1-3-14-29(27(32)19-8-4-5-9-21(19)28)17-26(31)30-15-12-25-20(13-16-35-25)22(30)18-34-24-11-7-6-10-23(24)33-2/h4-11,13,16,22H,3,12,14-15,17-18H2,1-2H3. The molecule has 184 valence electrons. The molecule has 35 heavy (non-hydrogen) atoms. The Kier molecular flexibility index (Phi) is 8.02. The van der Waals surface area contributed by atoms with E-state index in [0.29, 0.717) is 31.0 Å². The molecular weight excluding hydrogens is 467 g/mol. The maximum atomic E-state index is 14.3. The molecule has 0 N–H and O–H groups in total. The highest BCUT2D eigenvalue weighted by atomic mass is 32.1. The molecule has 0 saturated carbocycles. The van der Waals surface area contributed by atoms with Gasteiger partial charge in [-0.1, -0.05) is 31.2 Å². The van der Waals surface area contributed by atoms with Gasteiger partial charge in [0, 0.05) is 18.0 Å². The molecular formula is C27H29FN2O4S. The Morgan fingerprint density at radius 3 is 2.60 bits per heavy atom. The average Bonchev–Trinajstić information content (AvgIpc) is 3.36. The van der Waals surface area contributed by atoms with Gasteiger partial charge in [-0.25, -0.2) is 4.39 Å². The second-order valence-corrected chi connectivity index (χ2v) is 9.32. The van der Waals surface area contributed by atoms with Gasteiger partial charge in [0.15, 0.2) is 11.5 Å². The van der Waals surface area contributed by atoms with Crippen LogP contribution in [0.1, 0.15) is 40.2 Å². The molecule has 3 aromatic rings. The van der Waals surface area contributed by atoms with Gasteiger partial charge in [-0.3, -0.25) is 9.59 Å². The molecule has 1 atom stereocenters. The number of halogens is 1. The van der Waals surface area contributed by atoms with Gasteiger partial charge in [0.25, 0.3) is 5.91 Å². The fourth-order valence-electron chi connectivity index (χ4n) is 4.36. The Labute approximate surface area is 208 Å². The molecule has 0 bridgehead atoms. The predicted octanol–water partition coefficient (Wildman–Crippen LogP) is 4.95. The third-order valence-electron chi connectivity index (χ3n) is 6.09. The van der Waals surface area contributed by atoms with Crippen LogP contribution in [-0.2, 0) is 11.2 Å². The highest BCUT2D eigenvalue weighted by Crippen LogP contribution is 2.35. The summed E-state index contributed by atoms with van der Waals surface area (Å²) in [7, 11) is 1.59. The summed E-state index contributed by atoms with van der Waals surface area (Å²) in [4.78, 5) is 31.1. The van der Waals surface area contributed by atoms with Gasteiger partial charge in [0.2, 0.25) is 5.91 Å². The van der Waals surface area contributed by atoms with Crippen LogP contribution in [-0.4, -0.2) is 55.0 Å². The van der Waals surface area contributed by atoms with Crippen molar-refractivity contribution >= 4 is 23.2 Å². The van der Waals surface area contributed by atoms with E-state index in [2.05, 4.69) is 0 Å². The van der Waals surface area contributed by atoms with E-state index in [9.17, 15) is 14.0 Å². The Balaban J connectivity index is 1.54. The number of para-hydroxylation sites is 2. The maximum Gasteiger partial charge on any atom is 0.257 e. The van der Waals surface area contributed by atoms with E-state index in [1.54, 1.807) is 35.5 Å². The summed E-state index contributed by atoms with van der Waals surface area (Å²) in [5.41, 5.74) is 1.04. The van der Waals surface area contributed by atoms with Crippen molar-refractivity contribution < 1.29 is 23.5 Å². The average molecular weight is 497 g/mol. The summed E-state index contributed by atoms with van der Waals surface area (Å²) in [5.74, 6) is -0.0274. The Morgan fingerprint density at radius 2 is 1.86 bits per heavy atom. The molecule has 2 aromatic carbocycles. The van der Waals surface area contributed by atoms with Crippen LogP contribution in [0.3, 0.4) is 0 Å². The molecule has 0 radical (unpaired) electrons. The highest BCUT2D eigenvalue weighted by Gasteiger charge is 2.34. The van der Waals surface area contributed by atoms with E-state index < -0.39 is 11.7 Å². The van der Waals surface area contributed by atoms with Crippen LogP contribution in [0.15, 0.2) is 60.0 Å². The fourth-order valence-corrected chi connectivity index (χ4v) is 5.29. The van der Waals surface area contributed by atoms with Crippen LogP contribution >= 0.6 is 11.3 Å². The van der Waals surface area contributed by atoms with Crippen LogP contribution in [0, 0.1) is 5.82 Å². The number of thiophene rings is 1. The summed E-state index contributed by atoms with van der Waals surface area (Å²) < 4.78 is 25.8. The van der Waals surface area contributed by atoms with Gasteiger partial charge >= 0.3 is 0 Å². The van der Waals surface area contributed by atoms with E-state index in [-0.39, 0.29) is 30.7 Å². The summed E-state index contributed by atoms with van der Waals surface area (Å²) in [5, 5.41) is 2.03. The third-order valence-corrected chi connectivity index (χ3v) is 7.09. The van der Waals surface area contributed by atoms with Gasteiger partial charge in [-0.15, -0.1) is 11.3 Å². The van der Waals surface area contributed by atoms with Crippen LogP contribution < -0.4 is 9.47 Å². The van der Waals surface area contributed by atoms with Gasteiger partial charge < -0.3 is 19.3 Å². The number of rotatable bonds is 9. The number of hydrogen-bond acceptors (Lipinski definition) is 5. The lowest BCUT2D eigenvalue weighted by molar-refractivity contribution is -0.135. The zero-order valence-electron chi connectivity index (χ0n) is 19.9. The van der Waals surface area contributed by atoms with Crippen molar-refractivity contribution in [3.05, 3.63) is 81.8 Å². The molecule has 0 fully saturated rings. The Morgan fingerprint density at radius 1 is 1.11 bits per heavy atom. The second kappa shape index (κ2) is 11.4. The van der Waals surface area contributed by atoms with Crippen LogP contribution in [0.5, 0.6) is 11.5 Å². The minimum absolute atomic E-state index is 0.0245. The number of carbonyl (C=O) groups excluding carboxylic acids is 2. The number of benzene rings is 2. The van der Waals surface area contributed by atoms with E-state index in [0.717, 1.165) is 12.0 Å². The van der Waals surface area contributed by atoms with Crippen molar-refractivity contribution in [2.24, 2.45) is 0 Å². The number of carbonyl (C=O) groups is 2. The first-order valence-corrected chi connectivity index (χ1v) is 12.6. The van der Waals surface area contributed by atoms with Crippen molar-refractivity contribution in [1.29, 1.82) is 0 Å². The van der Waals surface area contributed by atoms with Crippen molar-refractivity contribution in [3.8, 4) is 11.5 Å². The quantitative estimate of drug-likeness (QED) is 0.421. The topological polar surface area (TPSA) is 59.1 Å². The second-order valence-electron chi connectivity index (χ2n) is 8.32. The molecule has 1 aliphatic heterocycles. The molecule has 2 heterocycles. The van der Waals surface area contributed by atoms with Crippen molar-refractivity contribution in [2.75, 3.05) is 33.4 Å². The first-order chi connectivity index (χ1) is 17.0. The van der Waals surface area contributed by atoms with Crippen molar-refractivity contribution in [1.82, 2.24) is 9.80 Å². The van der Waals surface area contributed by atoms with Crippen LogP contribution in [0.25, 0.3) is 0 Å². The third kappa shape index (κ3) is 5.48. The van der Waals surface area contributed by atoms with Gasteiger partial charge in [-0.05, 0) is 54.1 Å². The molecule has 6 nitrogen and oxygen atoms in total. The highest BCUT2D eigenvalue weighted by molar-refractivity contribution is 7.10. The first kappa shape index (κ1) is 24.7. The van der Waals surface area contributed by atoms with Gasteiger partial charge in [0.1, 0.15) is 19.0 Å². The molecule has 0 spiro atoms. The number of ether oxygens (including phenoxy) is 2. The van der Waals surface area contributed by atoms with E-state index in [1.165, 1.54) is 21.9 Å². The predicted molar refractivity (Wildman–Crippen MR) is 134 cm³/mol. The molecule has 1 aliphatic rings. The SMILES string of the molecule is CCCN(CC(=O)N1CCc2sccc2C1COc1ccccc1OC)C(=O)c1ccccc1F. The molecule has 8 heteroatoms. The molecule has 1 unspecified atom stereocenters. The monoisotopic (exact) mass is 496 g/mol. The van der Waals surface area contributed by atoms with E-state index >= 15 is 0 Å². The van der Waals surface area contributed by atoms with Crippen molar-refractivity contribution in [3.63, 3.8) is 0 Å². The number of hydrogen-bond donors (Lipinski definition) is 0. The number of fused-ring (bicyclic) bond motifs is 1. The summed E-state index contributed by atoms with van der Waals surface area (Å²) in [6.45, 7) is 2.95. The maximum absolute atomic E-state index is 14.3. The lowest BCUT2D eigenvalue weighted by atomic mass is 10.00. The largest absolute Gasteiger partial charge is 0.493 e. The Bertz CT molecular complexity index is 1180. The van der Waals surface area contributed by atoms with Crippen molar-refractivity contribution in [2.45, 2.75) is 25.8 Å². The lowest BCUT2D eigenvalue weighted by Gasteiger charge is -2.37. The smallest absolute Gasteiger partial charge is 0.257 e. The number of methoxy groups -OCH3 is 1.